The van der Waals surface area contributed by atoms with Gasteiger partial charge < -0.3 is 9.94 Å². The van der Waals surface area contributed by atoms with Gasteiger partial charge in [-0.25, -0.2) is 4.79 Å². The fourth-order valence-electron chi connectivity index (χ4n) is 0.624. The average molecular weight is 219 g/mol. The summed E-state index contributed by atoms with van der Waals surface area (Å²) in [6.45, 7) is 0. The Balaban J connectivity index is 3.09. The van der Waals surface area contributed by atoms with E-state index in [4.69, 9.17) is 5.11 Å². The van der Waals surface area contributed by atoms with Crippen molar-refractivity contribution in [2.45, 2.75) is 0 Å². The Bertz CT molecular complexity index is 391. The first-order valence-corrected chi connectivity index (χ1v) is 4.78. The molecule has 7 heteroatoms. The molecule has 0 aliphatic heterocycles. The molecular formula is C6H5NO4S2. The second kappa shape index (κ2) is 4.15. The number of carbonyl (C=O) groups is 1. The van der Waals surface area contributed by atoms with Crippen LogP contribution >= 0.6 is 22.7 Å². The summed E-state index contributed by atoms with van der Waals surface area (Å²) in [6, 6.07) is 0. The molecule has 1 N–H and O–H groups in total. The summed E-state index contributed by atoms with van der Waals surface area (Å²) in [7, 11) is 1.25. The zero-order chi connectivity index (χ0) is 9.84. The molecule has 70 valence electrons. The molecule has 0 bridgehead atoms. The summed E-state index contributed by atoms with van der Waals surface area (Å²) in [5, 5.41) is 13.4. The van der Waals surface area contributed by atoms with E-state index in [1.165, 1.54) is 12.5 Å². The van der Waals surface area contributed by atoms with Gasteiger partial charge in [0, 0.05) is 5.38 Å². The van der Waals surface area contributed by atoms with Crippen molar-refractivity contribution >= 4 is 34.4 Å². The number of oxime groups is 1. The summed E-state index contributed by atoms with van der Waals surface area (Å²) in [5.41, 5.74) is -0.245. The first-order valence-electron chi connectivity index (χ1n) is 3.08. The zero-order valence-electron chi connectivity index (χ0n) is 6.51. The van der Waals surface area contributed by atoms with Crippen molar-refractivity contribution in [3.8, 4) is 0 Å². The Morgan fingerprint density at radius 1 is 1.69 bits per heavy atom. The van der Waals surface area contributed by atoms with Crippen molar-refractivity contribution in [1.29, 1.82) is 0 Å². The van der Waals surface area contributed by atoms with Crippen LogP contribution in [0.25, 0.3) is 0 Å². The maximum absolute atomic E-state index is 10.8. The van der Waals surface area contributed by atoms with Gasteiger partial charge in [0.15, 0.2) is 0 Å². The van der Waals surface area contributed by atoms with Gasteiger partial charge in [0.1, 0.15) is 7.11 Å². The molecular weight excluding hydrogens is 214 g/mol. The monoisotopic (exact) mass is 219 g/mol. The predicted molar refractivity (Wildman–Crippen MR) is 49.6 cm³/mol. The molecule has 5 nitrogen and oxygen atoms in total. The highest BCUT2D eigenvalue weighted by Crippen LogP contribution is 2.09. The maximum atomic E-state index is 10.8. The van der Waals surface area contributed by atoms with Crippen LogP contribution in [0.2, 0.25) is 0 Å². The smallest absolute Gasteiger partial charge is 0.359 e. The number of rotatable bonds is 3. The predicted octanol–water partition coefficient (Wildman–Crippen LogP) is 0.605. The molecule has 0 saturated carbocycles. The molecule has 0 fully saturated rings. The number of carboxylic acids is 1. The Morgan fingerprint density at radius 2 is 2.38 bits per heavy atom. The molecule has 0 spiro atoms. The molecule has 0 aromatic carbocycles. The third kappa shape index (κ3) is 2.36. The number of hydrogen-bond donors (Lipinski definition) is 1. The molecule has 1 aromatic heterocycles. The Hall–Kier alpha value is -1.21. The van der Waals surface area contributed by atoms with E-state index in [-0.39, 0.29) is 9.77 Å². The van der Waals surface area contributed by atoms with Gasteiger partial charge in [0.05, 0.1) is 4.88 Å². The highest BCUT2D eigenvalue weighted by Gasteiger charge is 2.15. The third-order valence-corrected chi connectivity index (χ3v) is 3.01. The lowest BCUT2D eigenvalue weighted by Crippen LogP contribution is -2.13. The van der Waals surface area contributed by atoms with Crippen molar-refractivity contribution < 1.29 is 14.7 Å². The van der Waals surface area contributed by atoms with Crippen molar-refractivity contribution in [2.24, 2.45) is 5.16 Å². The van der Waals surface area contributed by atoms with E-state index < -0.39 is 5.97 Å². The minimum absolute atomic E-state index is 0.167. The molecule has 13 heavy (non-hydrogen) atoms. The van der Waals surface area contributed by atoms with E-state index in [9.17, 15) is 9.59 Å². The highest BCUT2D eigenvalue weighted by atomic mass is 32.2. The molecule has 0 unspecified atom stereocenters. The van der Waals surface area contributed by atoms with Gasteiger partial charge in [-0.15, -0.1) is 0 Å². The van der Waals surface area contributed by atoms with Crippen LogP contribution in [0, 0.1) is 0 Å². The Labute approximate surface area is 80.9 Å². The van der Waals surface area contributed by atoms with E-state index in [1.54, 1.807) is 0 Å². The van der Waals surface area contributed by atoms with E-state index in [1.807, 2.05) is 0 Å². The lowest BCUT2D eigenvalue weighted by Gasteiger charge is -1.93. The van der Waals surface area contributed by atoms with Crippen molar-refractivity contribution in [3.05, 3.63) is 19.1 Å². The van der Waals surface area contributed by atoms with Crippen molar-refractivity contribution in [1.82, 2.24) is 0 Å². The van der Waals surface area contributed by atoms with Gasteiger partial charge in [-0.1, -0.05) is 27.8 Å². The number of aliphatic carboxylic acids is 1. The zero-order valence-corrected chi connectivity index (χ0v) is 8.15. The maximum Gasteiger partial charge on any atom is 0.359 e. The molecule has 0 amide bonds. The van der Waals surface area contributed by atoms with Gasteiger partial charge in [-0.3, -0.25) is 4.79 Å². The van der Waals surface area contributed by atoms with Crippen molar-refractivity contribution in [3.63, 3.8) is 0 Å². The second-order valence-corrected chi connectivity index (χ2v) is 3.99. The minimum atomic E-state index is -1.21. The van der Waals surface area contributed by atoms with E-state index >= 15 is 0 Å². The molecule has 0 aliphatic rings. The first kappa shape index (κ1) is 9.87. The standard InChI is InChI=1S/C6H5NO4S2/c1-11-7-4(5(8)9)3-2-12-6(10)13-3/h2H,1H3,(H,8,9). The van der Waals surface area contributed by atoms with E-state index in [0.29, 0.717) is 4.88 Å². The molecule has 1 rings (SSSR count). The van der Waals surface area contributed by atoms with Gasteiger partial charge >= 0.3 is 5.97 Å². The average Bonchev–Trinajstić information content (AvgIpc) is 2.46. The molecule has 1 heterocycles. The van der Waals surface area contributed by atoms with E-state index in [0.717, 1.165) is 22.7 Å². The summed E-state index contributed by atoms with van der Waals surface area (Å²) in [4.78, 5) is 26.0. The number of carboxylic acid groups (broad SMARTS) is 1. The van der Waals surface area contributed by atoms with Crippen LogP contribution in [0.5, 0.6) is 0 Å². The van der Waals surface area contributed by atoms with Crippen LogP contribution < -0.4 is 4.06 Å². The lowest BCUT2D eigenvalue weighted by molar-refractivity contribution is -0.129. The molecule has 0 radical (unpaired) electrons. The van der Waals surface area contributed by atoms with Gasteiger partial charge in [-0.2, -0.15) is 0 Å². The van der Waals surface area contributed by atoms with Gasteiger partial charge in [-0.05, 0) is 0 Å². The summed E-state index contributed by atoms with van der Waals surface area (Å²) in [5.74, 6) is -1.21. The van der Waals surface area contributed by atoms with Crippen molar-refractivity contribution in [2.75, 3.05) is 7.11 Å². The van der Waals surface area contributed by atoms with Gasteiger partial charge in [0.25, 0.3) is 4.06 Å². The van der Waals surface area contributed by atoms with Crippen LogP contribution in [-0.4, -0.2) is 23.9 Å². The fraction of sp³-hybridized carbons (Fsp3) is 0.167. The van der Waals surface area contributed by atoms with Crippen LogP contribution in [0.3, 0.4) is 0 Å². The lowest BCUT2D eigenvalue weighted by atomic mass is 10.3. The summed E-state index contributed by atoms with van der Waals surface area (Å²) in [6.07, 6.45) is 0. The number of nitrogens with zero attached hydrogens (tertiary/aromatic N) is 1. The topological polar surface area (TPSA) is 76.0 Å². The minimum Gasteiger partial charge on any atom is -0.476 e. The normalized spacial score (nSPS) is 11.3. The quantitative estimate of drug-likeness (QED) is 0.596. The third-order valence-electron chi connectivity index (χ3n) is 1.07. The SMILES string of the molecule is CON=C(C(=O)O)c1csc(=O)s1. The molecule has 1 aromatic rings. The Morgan fingerprint density at radius 3 is 2.77 bits per heavy atom. The molecule has 0 aliphatic carbocycles. The number of hydrogen-bond acceptors (Lipinski definition) is 6. The molecule has 0 atom stereocenters. The second-order valence-electron chi connectivity index (χ2n) is 1.88. The largest absolute Gasteiger partial charge is 0.476 e. The van der Waals surface area contributed by atoms with Gasteiger partial charge in [0.2, 0.25) is 5.71 Å². The molecule has 0 saturated heterocycles. The van der Waals surface area contributed by atoms with Crippen LogP contribution in [0.15, 0.2) is 15.3 Å². The Kier molecular flexibility index (Phi) is 3.15. The summed E-state index contributed by atoms with van der Waals surface area (Å²) >= 11 is 1.77. The summed E-state index contributed by atoms with van der Waals surface area (Å²) < 4.78 is -0.167. The van der Waals surface area contributed by atoms with Crippen LogP contribution in [0.4, 0.5) is 0 Å². The fourth-order valence-corrected chi connectivity index (χ4v) is 2.28. The highest BCUT2D eigenvalue weighted by molar-refractivity contribution is 7.27. The van der Waals surface area contributed by atoms with Crippen LogP contribution in [-0.2, 0) is 9.63 Å². The van der Waals surface area contributed by atoms with Crippen LogP contribution in [0.1, 0.15) is 4.88 Å². The van der Waals surface area contributed by atoms with E-state index in [2.05, 4.69) is 9.99 Å². The first-order chi connectivity index (χ1) is 6.15.